The van der Waals surface area contributed by atoms with Gasteiger partial charge in [0.2, 0.25) is 0 Å². The largest absolute Gasteiger partial charge is 0.471 e. The number of aromatic nitrogens is 2. The van der Waals surface area contributed by atoms with Crippen LogP contribution in [-0.2, 0) is 15.8 Å². The second-order valence-electron chi connectivity index (χ2n) is 4.64. The molecule has 0 atom stereocenters. The average molecular weight is 398 g/mol. The topological polar surface area (TPSA) is 114 Å². The maximum Gasteiger partial charge on any atom is 0.471 e. The van der Waals surface area contributed by atoms with E-state index in [0.29, 0.717) is 4.68 Å². The summed E-state index contributed by atoms with van der Waals surface area (Å²) in [4.78, 5) is 29.6. The summed E-state index contributed by atoms with van der Waals surface area (Å²) in [6.07, 6.45) is 0. The second-order valence-corrected chi connectivity index (χ2v) is 6.64. The van der Waals surface area contributed by atoms with Crippen LogP contribution in [0.4, 0.5) is 10.1 Å². The van der Waals surface area contributed by atoms with Crippen molar-refractivity contribution in [3.63, 3.8) is 0 Å². The van der Waals surface area contributed by atoms with Crippen LogP contribution in [0, 0.1) is 12.7 Å². The Balaban J connectivity index is 2.29. The van der Waals surface area contributed by atoms with E-state index in [1.54, 1.807) is 19.1 Å². The van der Waals surface area contributed by atoms with E-state index in [4.69, 9.17) is 33.0 Å². The van der Waals surface area contributed by atoms with Crippen LogP contribution < -0.4 is 5.32 Å². The molecule has 0 spiro atoms. The molecule has 1 amide bonds. The van der Waals surface area contributed by atoms with Crippen LogP contribution in [0.5, 0.6) is 0 Å². The predicted molar refractivity (Wildman–Crippen MR) is 84.5 cm³/mol. The number of halogens is 3. The van der Waals surface area contributed by atoms with Crippen LogP contribution >= 0.6 is 31.0 Å². The number of aryl methyl sites for hydroxylation is 1. The summed E-state index contributed by atoms with van der Waals surface area (Å²) < 4.78 is 29.5. The quantitative estimate of drug-likeness (QED) is 0.668. The van der Waals surface area contributed by atoms with Crippen molar-refractivity contribution in [3.8, 4) is 0 Å². The molecule has 0 saturated heterocycles. The first-order valence-electron chi connectivity index (χ1n) is 6.28. The Bertz CT molecular complexity index is 838. The van der Waals surface area contributed by atoms with Crippen molar-refractivity contribution in [1.29, 1.82) is 0 Å². The zero-order valence-electron chi connectivity index (χ0n) is 12.0. The Morgan fingerprint density at radius 2 is 2.12 bits per heavy atom. The number of rotatable bonds is 5. The van der Waals surface area contributed by atoms with Gasteiger partial charge in [-0.05, 0) is 24.6 Å². The SMILES string of the molecule is Cc1ccc(NC(=O)c2c(F)c(Cl)nn2COP(=O)(O)O)c(Cl)c1. The predicted octanol–water partition coefficient (Wildman–Crippen LogP) is 2.96. The molecule has 0 saturated carbocycles. The van der Waals surface area contributed by atoms with Gasteiger partial charge in [-0.2, -0.15) is 5.10 Å². The lowest BCUT2D eigenvalue weighted by Crippen LogP contribution is -2.20. The van der Waals surface area contributed by atoms with Crippen molar-refractivity contribution in [3.05, 3.63) is 45.4 Å². The summed E-state index contributed by atoms with van der Waals surface area (Å²) >= 11 is 11.5. The molecule has 8 nitrogen and oxygen atoms in total. The normalized spacial score (nSPS) is 11.6. The average Bonchev–Trinajstić information content (AvgIpc) is 2.74. The summed E-state index contributed by atoms with van der Waals surface area (Å²) in [6, 6.07) is 4.79. The van der Waals surface area contributed by atoms with Crippen LogP contribution in [0.2, 0.25) is 10.2 Å². The molecule has 1 aromatic heterocycles. The molecule has 0 unspecified atom stereocenters. The maximum atomic E-state index is 14.0. The molecule has 0 bridgehead atoms. The lowest BCUT2D eigenvalue weighted by Gasteiger charge is -2.10. The molecule has 130 valence electrons. The lowest BCUT2D eigenvalue weighted by atomic mass is 10.2. The van der Waals surface area contributed by atoms with Gasteiger partial charge in [0, 0.05) is 0 Å². The summed E-state index contributed by atoms with van der Waals surface area (Å²) in [6.45, 7) is 0.920. The van der Waals surface area contributed by atoms with Crippen LogP contribution in [-0.4, -0.2) is 25.5 Å². The molecular formula is C12H11Cl2FN3O5P. The summed E-state index contributed by atoms with van der Waals surface area (Å²) in [5.41, 5.74) is 0.406. The van der Waals surface area contributed by atoms with Gasteiger partial charge in [0.15, 0.2) is 23.4 Å². The Hall–Kier alpha value is -1.48. The number of hydrogen-bond donors (Lipinski definition) is 3. The van der Waals surface area contributed by atoms with E-state index < -0.39 is 37.1 Å². The van der Waals surface area contributed by atoms with Crippen LogP contribution in [0.15, 0.2) is 18.2 Å². The van der Waals surface area contributed by atoms with E-state index in [1.807, 2.05) is 0 Å². The van der Waals surface area contributed by atoms with Crippen molar-refractivity contribution in [2.75, 3.05) is 5.32 Å². The molecule has 24 heavy (non-hydrogen) atoms. The van der Waals surface area contributed by atoms with Crippen molar-refractivity contribution >= 4 is 42.6 Å². The lowest BCUT2D eigenvalue weighted by molar-refractivity contribution is 0.0982. The number of benzene rings is 1. The highest BCUT2D eigenvalue weighted by Crippen LogP contribution is 2.36. The number of phosphoric acid groups is 1. The summed E-state index contributed by atoms with van der Waals surface area (Å²) in [5, 5.41) is 5.40. The van der Waals surface area contributed by atoms with Gasteiger partial charge < -0.3 is 15.1 Å². The van der Waals surface area contributed by atoms with Crippen LogP contribution in [0.25, 0.3) is 0 Å². The molecule has 2 rings (SSSR count). The summed E-state index contributed by atoms with van der Waals surface area (Å²) in [5.74, 6) is -2.13. The number of amides is 1. The van der Waals surface area contributed by atoms with E-state index in [2.05, 4.69) is 14.9 Å². The number of carbonyl (C=O) groups excluding carboxylic acids is 1. The number of phosphoric ester groups is 1. The van der Waals surface area contributed by atoms with E-state index >= 15 is 0 Å². The van der Waals surface area contributed by atoms with Crippen molar-refractivity contribution in [2.24, 2.45) is 0 Å². The van der Waals surface area contributed by atoms with Gasteiger partial charge >= 0.3 is 7.82 Å². The Kier molecular flexibility index (Phi) is 5.64. The maximum absolute atomic E-state index is 14.0. The molecule has 0 radical (unpaired) electrons. The van der Waals surface area contributed by atoms with Gasteiger partial charge in [-0.15, -0.1) is 0 Å². The first-order chi connectivity index (χ1) is 11.1. The van der Waals surface area contributed by atoms with E-state index in [0.717, 1.165) is 5.56 Å². The van der Waals surface area contributed by atoms with Crippen molar-refractivity contribution in [2.45, 2.75) is 13.7 Å². The smallest absolute Gasteiger partial charge is 0.319 e. The number of nitrogens with zero attached hydrogens (tertiary/aromatic N) is 2. The number of nitrogens with one attached hydrogen (secondary N) is 1. The van der Waals surface area contributed by atoms with Gasteiger partial charge in [0.25, 0.3) is 5.91 Å². The van der Waals surface area contributed by atoms with E-state index in [1.165, 1.54) is 6.07 Å². The minimum absolute atomic E-state index is 0.214. The molecule has 0 aliphatic heterocycles. The van der Waals surface area contributed by atoms with Crippen LogP contribution in [0.1, 0.15) is 16.1 Å². The van der Waals surface area contributed by atoms with Crippen molar-refractivity contribution < 1.29 is 28.1 Å². The standard InChI is InChI=1S/C12H11Cl2FN3O5P/c1-6-2-3-8(7(13)4-6)16-12(19)10-9(15)11(14)17-18(10)5-23-24(20,21)22/h2-4H,5H2,1H3,(H,16,19)(H2,20,21,22). The molecular weight excluding hydrogens is 387 g/mol. The molecule has 1 heterocycles. The fourth-order valence-corrected chi connectivity index (χ4v) is 2.48. The monoisotopic (exact) mass is 397 g/mol. The summed E-state index contributed by atoms with van der Waals surface area (Å²) in [7, 11) is -4.85. The minimum Gasteiger partial charge on any atom is -0.319 e. The third-order valence-electron chi connectivity index (χ3n) is 2.79. The molecule has 12 heteroatoms. The zero-order valence-corrected chi connectivity index (χ0v) is 14.4. The van der Waals surface area contributed by atoms with Gasteiger partial charge in [-0.25, -0.2) is 13.6 Å². The fourth-order valence-electron chi connectivity index (χ4n) is 1.75. The molecule has 0 aliphatic rings. The first kappa shape index (κ1) is 18.9. The minimum atomic E-state index is -4.85. The highest BCUT2D eigenvalue weighted by molar-refractivity contribution is 7.46. The number of anilines is 1. The highest BCUT2D eigenvalue weighted by Gasteiger charge is 2.25. The molecule has 3 N–H and O–H groups in total. The van der Waals surface area contributed by atoms with Gasteiger partial charge in [0.1, 0.15) is 0 Å². The van der Waals surface area contributed by atoms with Crippen LogP contribution in [0.3, 0.4) is 0 Å². The first-order valence-corrected chi connectivity index (χ1v) is 8.56. The zero-order chi connectivity index (χ0) is 18.1. The van der Waals surface area contributed by atoms with Gasteiger partial charge in [0.05, 0.1) is 10.7 Å². The number of carbonyl (C=O) groups is 1. The number of hydrogen-bond acceptors (Lipinski definition) is 4. The molecule has 1 aromatic carbocycles. The Morgan fingerprint density at radius 1 is 1.46 bits per heavy atom. The van der Waals surface area contributed by atoms with Gasteiger partial charge in [-0.3, -0.25) is 9.32 Å². The molecule has 0 aliphatic carbocycles. The second kappa shape index (κ2) is 7.18. The van der Waals surface area contributed by atoms with Gasteiger partial charge in [-0.1, -0.05) is 29.3 Å². The molecule has 0 fully saturated rings. The molecule has 2 aromatic rings. The Morgan fingerprint density at radius 3 is 2.71 bits per heavy atom. The Labute approximate surface area is 145 Å². The highest BCUT2D eigenvalue weighted by atomic mass is 35.5. The third kappa shape index (κ3) is 4.54. The fraction of sp³-hybridized carbons (Fsp3) is 0.167. The van der Waals surface area contributed by atoms with Crippen molar-refractivity contribution in [1.82, 2.24) is 9.78 Å². The van der Waals surface area contributed by atoms with E-state index in [9.17, 15) is 13.8 Å². The third-order valence-corrected chi connectivity index (χ3v) is 3.80. The van der Waals surface area contributed by atoms with E-state index in [-0.39, 0.29) is 10.7 Å².